The fraction of sp³-hybridized carbons (Fsp3) is 0.273. The summed E-state index contributed by atoms with van der Waals surface area (Å²) in [7, 11) is 0. The number of para-hydroxylation sites is 2. The molecule has 2 atom stereocenters. The summed E-state index contributed by atoms with van der Waals surface area (Å²) in [5, 5.41) is 2.97. The summed E-state index contributed by atoms with van der Waals surface area (Å²) in [4.78, 5) is 36.6. The maximum Gasteiger partial charge on any atom is 0.259 e. The van der Waals surface area contributed by atoms with Gasteiger partial charge in [-0.05, 0) is 37.6 Å². The molecule has 7 heteroatoms. The first kappa shape index (κ1) is 19.4. The molecule has 0 saturated heterocycles. The van der Waals surface area contributed by atoms with Gasteiger partial charge in [0, 0.05) is 11.3 Å². The highest BCUT2D eigenvalue weighted by Crippen LogP contribution is 2.35. The molecule has 0 unspecified atom stereocenters. The van der Waals surface area contributed by atoms with E-state index >= 15 is 0 Å². The molecule has 2 aromatic carbocycles. The van der Waals surface area contributed by atoms with Gasteiger partial charge in [0.2, 0.25) is 5.91 Å². The van der Waals surface area contributed by atoms with Gasteiger partial charge in [0.25, 0.3) is 5.91 Å². The third-order valence-electron chi connectivity index (χ3n) is 4.80. The minimum Gasteiger partial charge on any atom is -0.325 e. The Balaban J connectivity index is 1.59. The number of nitrogens with zero attached hydrogens (tertiary/aromatic N) is 3. The average Bonchev–Trinajstić information content (AvgIpc) is 3.06. The monoisotopic (exact) mass is 406 g/mol. The van der Waals surface area contributed by atoms with Gasteiger partial charge < -0.3 is 5.32 Å². The van der Waals surface area contributed by atoms with Gasteiger partial charge in [0.05, 0.1) is 10.9 Å². The van der Waals surface area contributed by atoms with E-state index < -0.39 is 5.25 Å². The van der Waals surface area contributed by atoms with Crippen LogP contribution in [0.2, 0.25) is 0 Å². The van der Waals surface area contributed by atoms with Crippen molar-refractivity contribution in [2.75, 3.05) is 5.32 Å². The quantitative estimate of drug-likeness (QED) is 0.808. The van der Waals surface area contributed by atoms with Gasteiger partial charge in [0.15, 0.2) is 5.17 Å². The number of amides is 2. The molecule has 2 aliphatic heterocycles. The summed E-state index contributed by atoms with van der Waals surface area (Å²) in [6.07, 6.45) is 1.57. The fourth-order valence-electron chi connectivity index (χ4n) is 3.32. The zero-order valence-corrected chi connectivity index (χ0v) is 17.1. The van der Waals surface area contributed by atoms with Crippen LogP contribution in [-0.4, -0.2) is 39.0 Å². The summed E-state index contributed by atoms with van der Waals surface area (Å²) in [5.74, 6) is 0.425. The fourth-order valence-corrected chi connectivity index (χ4v) is 4.23. The molecule has 0 radical (unpaired) electrons. The van der Waals surface area contributed by atoms with Crippen LogP contribution in [0.4, 0.5) is 11.4 Å². The number of fused-ring (bicyclic) bond motifs is 3. The number of amidine groups is 2. The number of hydrogen-bond donors (Lipinski definition) is 1. The summed E-state index contributed by atoms with van der Waals surface area (Å²) in [6, 6.07) is 16.6. The number of carbonyl (C=O) groups excluding carboxylic acids is 2. The first-order chi connectivity index (χ1) is 14.1. The van der Waals surface area contributed by atoms with Crippen molar-refractivity contribution in [3.8, 4) is 0 Å². The molecule has 2 heterocycles. The second-order valence-electron chi connectivity index (χ2n) is 6.96. The number of benzene rings is 2. The van der Waals surface area contributed by atoms with E-state index in [0.29, 0.717) is 17.4 Å². The van der Waals surface area contributed by atoms with Gasteiger partial charge in [-0.2, -0.15) is 0 Å². The van der Waals surface area contributed by atoms with E-state index in [2.05, 4.69) is 10.3 Å². The van der Waals surface area contributed by atoms with Crippen LogP contribution in [0.1, 0.15) is 32.3 Å². The normalized spacial score (nSPS) is 18.5. The van der Waals surface area contributed by atoms with Crippen LogP contribution in [-0.2, 0) is 9.59 Å². The first-order valence-corrected chi connectivity index (χ1v) is 10.6. The second-order valence-corrected chi connectivity index (χ2v) is 8.27. The SMILES string of the molecule is CCC[C@@H]1N=C2c3ccccc3N=C(S[C@H](C)C(=O)Nc3ccccc3)N2C1=O. The summed E-state index contributed by atoms with van der Waals surface area (Å²) in [6.45, 7) is 3.85. The molecule has 0 spiro atoms. The third-order valence-corrected chi connectivity index (χ3v) is 5.85. The number of anilines is 1. The van der Waals surface area contributed by atoms with Crippen molar-refractivity contribution in [3.05, 3.63) is 60.2 Å². The molecule has 29 heavy (non-hydrogen) atoms. The Labute approximate surface area is 174 Å². The molecule has 2 aliphatic rings. The van der Waals surface area contributed by atoms with Crippen LogP contribution in [0.15, 0.2) is 64.6 Å². The van der Waals surface area contributed by atoms with Crippen molar-refractivity contribution in [1.82, 2.24) is 4.90 Å². The van der Waals surface area contributed by atoms with Gasteiger partial charge in [-0.3, -0.25) is 14.6 Å². The third kappa shape index (κ3) is 3.82. The predicted octanol–water partition coefficient (Wildman–Crippen LogP) is 4.21. The van der Waals surface area contributed by atoms with E-state index in [4.69, 9.17) is 4.99 Å². The predicted molar refractivity (Wildman–Crippen MR) is 118 cm³/mol. The summed E-state index contributed by atoms with van der Waals surface area (Å²) in [5.41, 5.74) is 2.36. The van der Waals surface area contributed by atoms with E-state index in [1.54, 1.807) is 4.90 Å². The molecule has 0 bridgehead atoms. The van der Waals surface area contributed by atoms with Gasteiger partial charge in [-0.15, -0.1) is 0 Å². The number of carbonyl (C=O) groups is 2. The van der Waals surface area contributed by atoms with Crippen molar-refractivity contribution in [2.45, 2.75) is 38.0 Å². The first-order valence-electron chi connectivity index (χ1n) is 9.71. The van der Waals surface area contributed by atoms with E-state index in [1.807, 2.05) is 68.4 Å². The number of nitrogens with one attached hydrogen (secondary N) is 1. The molecule has 0 saturated carbocycles. The Bertz CT molecular complexity index is 1000. The van der Waals surface area contributed by atoms with Crippen LogP contribution in [0.3, 0.4) is 0 Å². The number of rotatable bonds is 5. The van der Waals surface area contributed by atoms with Gasteiger partial charge in [0.1, 0.15) is 11.9 Å². The molecule has 2 amide bonds. The molecule has 0 fully saturated rings. The Morgan fingerprint density at radius 2 is 1.90 bits per heavy atom. The Morgan fingerprint density at radius 1 is 1.17 bits per heavy atom. The highest BCUT2D eigenvalue weighted by molar-refractivity contribution is 8.15. The lowest BCUT2D eigenvalue weighted by molar-refractivity contribution is -0.124. The van der Waals surface area contributed by atoms with Crippen LogP contribution in [0.5, 0.6) is 0 Å². The minimum absolute atomic E-state index is 0.0710. The average molecular weight is 407 g/mol. The molecular weight excluding hydrogens is 384 g/mol. The highest BCUT2D eigenvalue weighted by atomic mass is 32.2. The van der Waals surface area contributed by atoms with Gasteiger partial charge >= 0.3 is 0 Å². The number of aliphatic imine (C=N–C) groups is 2. The van der Waals surface area contributed by atoms with Gasteiger partial charge in [-0.1, -0.05) is 55.4 Å². The lowest BCUT2D eigenvalue weighted by Gasteiger charge is -2.26. The number of hydrogen-bond acceptors (Lipinski definition) is 5. The molecule has 1 N–H and O–H groups in total. The van der Waals surface area contributed by atoms with E-state index in [1.165, 1.54) is 11.8 Å². The molecule has 0 aliphatic carbocycles. The zero-order chi connectivity index (χ0) is 20.4. The maximum atomic E-state index is 13.0. The molecule has 148 valence electrons. The highest BCUT2D eigenvalue weighted by Gasteiger charge is 2.41. The van der Waals surface area contributed by atoms with Crippen LogP contribution in [0, 0.1) is 0 Å². The van der Waals surface area contributed by atoms with Gasteiger partial charge in [-0.25, -0.2) is 9.89 Å². The Morgan fingerprint density at radius 3 is 2.66 bits per heavy atom. The lowest BCUT2D eigenvalue weighted by Crippen LogP contribution is -2.42. The van der Waals surface area contributed by atoms with Crippen molar-refractivity contribution < 1.29 is 9.59 Å². The lowest BCUT2D eigenvalue weighted by atomic mass is 10.1. The van der Waals surface area contributed by atoms with Crippen molar-refractivity contribution in [1.29, 1.82) is 0 Å². The Kier molecular flexibility index (Phi) is 5.49. The molecule has 6 nitrogen and oxygen atoms in total. The van der Waals surface area contributed by atoms with E-state index in [0.717, 1.165) is 23.4 Å². The van der Waals surface area contributed by atoms with Crippen molar-refractivity contribution in [2.24, 2.45) is 9.98 Å². The van der Waals surface area contributed by atoms with Crippen molar-refractivity contribution in [3.63, 3.8) is 0 Å². The van der Waals surface area contributed by atoms with E-state index in [-0.39, 0.29) is 17.9 Å². The smallest absolute Gasteiger partial charge is 0.259 e. The molecule has 4 rings (SSSR count). The minimum atomic E-state index is -0.432. The van der Waals surface area contributed by atoms with Crippen LogP contribution < -0.4 is 5.32 Å². The second kappa shape index (κ2) is 8.21. The van der Waals surface area contributed by atoms with Crippen molar-refractivity contribution >= 4 is 46.0 Å². The number of thioether (sulfide) groups is 1. The summed E-state index contributed by atoms with van der Waals surface area (Å²) < 4.78 is 0. The van der Waals surface area contributed by atoms with Crippen LogP contribution in [0.25, 0.3) is 0 Å². The molecule has 0 aromatic heterocycles. The zero-order valence-electron chi connectivity index (χ0n) is 16.3. The molecular formula is C22H22N4O2S. The Hall–Kier alpha value is -2.93. The summed E-state index contributed by atoms with van der Waals surface area (Å²) >= 11 is 1.27. The topological polar surface area (TPSA) is 74.1 Å². The molecule has 2 aromatic rings. The van der Waals surface area contributed by atoms with Crippen LogP contribution >= 0.6 is 11.8 Å². The standard InChI is InChI=1S/C22H22N4O2S/c1-3-9-18-21(28)26-19(24-18)16-12-7-8-13-17(16)25-22(26)29-14(2)20(27)23-15-10-5-4-6-11-15/h4-8,10-14,18H,3,9H2,1-2H3,(H,23,27)/t14-,18+/m1/s1. The largest absolute Gasteiger partial charge is 0.325 e. The maximum absolute atomic E-state index is 13.0. The van der Waals surface area contributed by atoms with E-state index in [9.17, 15) is 9.59 Å².